The van der Waals surface area contributed by atoms with E-state index < -0.39 is 10.0 Å². The number of benzene rings is 1. The van der Waals surface area contributed by atoms with Gasteiger partial charge in [-0.25, -0.2) is 13.1 Å². The topological polar surface area (TPSA) is 105 Å². The van der Waals surface area contributed by atoms with Crippen LogP contribution in [0, 0.1) is 11.3 Å². The molecule has 1 aromatic heterocycles. The van der Waals surface area contributed by atoms with Crippen molar-refractivity contribution < 1.29 is 13.2 Å². The molecule has 0 aliphatic rings. The van der Waals surface area contributed by atoms with Gasteiger partial charge >= 0.3 is 0 Å². The van der Waals surface area contributed by atoms with E-state index in [1.54, 1.807) is 24.3 Å². The summed E-state index contributed by atoms with van der Waals surface area (Å²) >= 11 is 0.930. The SMILES string of the molecule is N#Cc1ccc(S(=O)(=O)NCCOc2ccc(N)cc2)s1. The monoisotopic (exact) mass is 323 g/mol. The normalized spacial score (nSPS) is 11.0. The number of rotatable bonds is 6. The Kier molecular flexibility index (Phi) is 4.80. The van der Waals surface area contributed by atoms with Crippen LogP contribution < -0.4 is 15.2 Å². The summed E-state index contributed by atoms with van der Waals surface area (Å²) in [4.78, 5) is 0.355. The lowest BCUT2D eigenvalue weighted by molar-refractivity contribution is 0.323. The first-order chi connectivity index (χ1) is 10.0. The molecule has 1 aromatic carbocycles. The summed E-state index contributed by atoms with van der Waals surface area (Å²) in [7, 11) is -3.59. The van der Waals surface area contributed by atoms with E-state index in [1.165, 1.54) is 12.1 Å². The van der Waals surface area contributed by atoms with Crippen molar-refractivity contribution in [2.75, 3.05) is 18.9 Å². The van der Waals surface area contributed by atoms with E-state index in [0.717, 1.165) is 11.3 Å². The maximum absolute atomic E-state index is 11.9. The molecule has 0 atom stereocenters. The first-order valence-corrected chi connectivity index (χ1v) is 8.29. The van der Waals surface area contributed by atoms with Gasteiger partial charge < -0.3 is 10.5 Å². The van der Waals surface area contributed by atoms with Gasteiger partial charge in [0.05, 0.1) is 0 Å². The van der Waals surface area contributed by atoms with Gasteiger partial charge in [0.1, 0.15) is 27.5 Å². The second kappa shape index (κ2) is 6.58. The van der Waals surface area contributed by atoms with Gasteiger partial charge in [-0.05, 0) is 36.4 Å². The van der Waals surface area contributed by atoms with Crippen LogP contribution >= 0.6 is 11.3 Å². The standard InChI is InChI=1S/C13H13N3O3S2/c14-9-12-5-6-13(20-12)21(17,18)16-7-8-19-11-3-1-10(15)2-4-11/h1-6,16H,7-8,15H2. The van der Waals surface area contributed by atoms with Crippen LogP contribution in [0.15, 0.2) is 40.6 Å². The summed E-state index contributed by atoms with van der Waals surface area (Å²) in [6.45, 7) is 0.326. The molecule has 1 heterocycles. The van der Waals surface area contributed by atoms with Gasteiger partial charge in [0.25, 0.3) is 0 Å². The van der Waals surface area contributed by atoms with E-state index >= 15 is 0 Å². The maximum atomic E-state index is 11.9. The molecule has 0 radical (unpaired) electrons. The van der Waals surface area contributed by atoms with Crippen LogP contribution in [0.25, 0.3) is 0 Å². The van der Waals surface area contributed by atoms with Crippen molar-refractivity contribution in [3.8, 4) is 11.8 Å². The number of nitriles is 1. The molecular weight excluding hydrogens is 310 g/mol. The average molecular weight is 323 g/mol. The number of ether oxygens (including phenoxy) is 1. The molecule has 21 heavy (non-hydrogen) atoms. The average Bonchev–Trinajstić information content (AvgIpc) is 2.95. The quantitative estimate of drug-likeness (QED) is 0.620. The van der Waals surface area contributed by atoms with Gasteiger partial charge in [-0.15, -0.1) is 11.3 Å². The molecule has 8 heteroatoms. The second-order valence-electron chi connectivity index (χ2n) is 4.05. The lowest BCUT2D eigenvalue weighted by Crippen LogP contribution is -2.27. The van der Waals surface area contributed by atoms with E-state index in [-0.39, 0.29) is 17.4 Å². The molecule has 0 amide bonds. The Bertz CT molecular complexity index is 746. The van der Waals surface area contributed by atoms with E-state index in [1.807, 2.05) is 6.07 Å². The van der Waals surface area contributed by atoms with Crippen molar-refractivity contribution in [1.29, 1.82) is 5.26 Å². The summed E-state index contributed by atoms with van der Waals surface area (Å²) in [6.07, 6.45) is 0. The number of nitrogens with zero attached hydrogens (tertiary/aromatic N) is 1. The van der Waals surface area contributed by atoms with E-state index in [9.17, 15) is 8.42 Å². The third kappa shape index (κ3) is 4.19. The smallest absolute Gasteiger partial charge is 0.250 e. The zero-order valence-electron chi connectivity index (χ0n) is 10.9. The summed E-state index contributed by atoms with van der Waals surface area (Å²) in [5.74, 6) is 0.617. The number of nitrogen functional groups attached to an aromatic ring is 1. The third-order valence-corrected chi connectivity index (χ3v) is 5.44. The maximum Gasteiger partial charge on any atom is 0.250 e. The molecule has 0 saturated carbocycles. The summed E-state index contributed by atoms with van der Waals surface area (Å²) in [6, 6.07) is 11.6. The van der Waals surface area contributed by atoms with Crippen molar-refractivity contribution in [2.24, 2.45) is 0 Å². The molecule has 0 saturated heterocycles. The number of hydrogen-bond acceptors (Lipinski definition) is 6. The van der Waals surface area contributed by atoms with Crippen molar-refractivity contribution in [3.05, 3.63) is 41.3 Å². The van der Waals surface area contributed by atoms with Crippen LogP contribution in [-0.4, -0.2) is 21.6 Å². The highest BCUT2D eigenvalue weighted by atomic mass is 32.2. The van der Waals surface area contributed by atoms with E-state index in [4.69, 9.17) is 15.7 Å². The Balaban J connectivity index is 1.85. The lowest BCUT2D eigenvalue weighted by atomic mass is 10.3. The number of nitrogens with one attached hydrogen (secondary N) is 1. The van der Waals surface area contributed by atoms with Gasteiger partial charge in [-0.3, -0.25) is 0 Å². The molecule has 2 aromatic rings. The molecule has 0 spiro atoms. The highest BCUT2D eigenvalue weighted by molar-refractivity contribution is 7.91. The highest BCUT2D eigenvalue weighted by Gasteiger charge is 2.16. The van der Waals surface area contributed by atoms with Crippen LogP contribution in [-0.2, 0) is 10.0 Å². The summed E-state index contributed by atoms with van der Waals surface area (Å²) in [5.41, 5.74) is 6.18. The minimum absolute atomic E-state index is 0.117. The van der Waals surface area contributed by atoms with Crippen LogP contribution in [0.2, 0.25) is 0 Å². The van der Waals surface area contributed by atoms with Crippen molar-refractivity contribution in [2.45, 2.75) is 4.21 Å². The Labute approximate surface area is 126 Å². The van der Waals surface area contributed by atoms with Crippen molar-refractivity contribution in [3.63, 3.8) is 0 Å². The van der Waals surface area contributed by atoms with Crippen molar-refractivity contribution in [1.82, 2.24) is 4.72 Å². The predicted octanol–water partition coefficient (Wildman–Crippen LogP) is 1.56. The number of hydrogen-bond donors (Lipinski definition) is 2. The molecule has 110 valence electrons. The van der Waals surface area contributed by atoms with Crippen LogP contribution in [0.1, 0.15) is 4.88 Å². The van der Waals surface area contributed by atoms with Gasteiger partial charge in [-0.1, -0.05) is 0 Å². The van der Waals surface area contributed by atoms with E-state index in [2.05, 4.69) is 4.72 Å². The molecule has 0 fully saturated rings. The van der Waals surface area contributed by atoms with Gasteiger partial charge in [0.15, 0.2) is 0 Å². The molecule has 0 aliphatic carbocycles. The zero-order chi connectivity index (χ0) is 15.3. The lowest BCUT2D eigenvalue weighted by Gasteiger charge is -2.07. The second-order valence-corrected chi connectivity index (χ2v) is 7.12. The molecule has 0 unspecified atom stereocenters. The number of thiophene rings is 1. The fourth-order valence-corrected chi connectivity index (χ4v) is 3.67. The first-order valence-electron chi connectivity index (χ1n) is 5.99. The Morgan fingerprint density at radius 3 is 2.57 bits per heavy atom. The molecule has 2 rings (SSSR count). The Morgan fingerprint density at radius 1 is 1.24 bits per heavy atom. The number of nitrogens with two attached hydrogens (primary N) is 1. The van der Waals surface area contributed by atoms with Crippen molar-refractivity contribution >= 4 is 27.0 Å². The van der Waals surface area contributed by atoms with Gasteiger partial charge in [0.2, 0.25) is 10.0 Å². The zero-order valence-corrected chi connectivity index (χ0v) is 12.6. The Morgan fingerprint density at radius 2 is 1.95 bits per heavy atom. The highest BCUT2D eigenvalue weighted by Crippen LogP contribution is 2.20. The predicted molar refractivity (Wildman–Crippen MR) is 80.6 cm³/mol. The van der Waals surface area contributed by atoms with Gasteiger partial charge in [0, 0.05) is 12.2 Å². The first kappa shape index (κ1) is 15.3. The summed E-state index contributed by atoms with van der Waals surface area (Å²) in [5, 5.41) is 8.69. The largest absolute Gasteiger partial charge is 0.492 e. The van der Waals surface area contributed by atoms with Crippen LogP contribution in [0.3, 0.4) is 0 Å². The number of sulfonamides is 1. The molecule has 0 aliphatic heterocycles. The van der Waals surface area contributed by atoms with Crippen LogP contribution in [0.5, 0.6) is 5.75 Å². The molecular formula is C13H13N3O3S2. The number of anilines is 1. The molecule has 3 N–H and O–H groups in total. The third-order valence-electron chi connectivity index (χ3n) is 2.50. The fraction of sp³-hybridized carbons (Fsp3) is 0.154. The minimum Gasteiger partial charge on any atom is -0.492 e. The molecule has 0 bridgehead atoms. The fourth-order valence-electron chi connectivity index (χ4n) is 1.50. The summed E-state index contributed by atoms with van der Waals surface area (Å²) < 4.78 is 31.8. The van der Waals surface area contributed by atoms with Gasteiger partial charge in [-0.2, -0.15) is 5.26 Å². The van der Waals surface area contributed by atoms with E-state index in [0.29, 0.717) is 16.3 Å². The minimum atomic E-state index is -3.59. The van der Waals surface area contributed by atoms with Crippen LogP contribution in [0.4, 0.5) is 5.69 Å². The molecule has 6 nitrogen and oxygen atoms in total. The Hall–Kier alpha value is -2.08.